The van der Waals surface area contributed by atoms with Crippen molar-refractivity contribution in [3.8, 4) is 28.3 Å². The second-order valence-electron chi connectivity index (χ2n) is 10.8. The van der Waals surface area contributed by atoms with Crippen molar-refractivity contribution in [2.75, 3.05) is 32.6 Å². The number of amides is 1. The zero-order valence-corrected chi connectivity index (χ0v) is 25.1. The van der Waals surface area contributed by atoms with Crippen LogP contribution in [0.25, 0.3) is 28.1 Å². The van der Waals surface area contributed by atoms with Crippen molar-refractivity contribution >= 4 is 29.3 Å². The van der Waals surface area contributed by atoms with Gasteiger partial charge in [-0.3, -0.25) is 14.5 Å². The van der Waals surface area contributed by atoms with E-state index >= 15 is 0 Å². The molecule has 2 aromatic carbocycles. The van der Waals surface area contributed by atoms with Crippen LogP contribution in [-0.2, 0) is 24.6 Å². The lowest BCUT2D eigenvalue weighted by Gasteiger charge is -2.18. The molecule has 0 radical (unpaired) electrons. The first-order valence-electron chi connectivity index (χ1n) is 14.7. The number of nitrogens with zero attached hydrogens (tertiary/aromatic N) is 5. The van der Waals surface area contributed by atoms with Gasteiger partial charge in [-0.25, -0.2) is 9.97 Å². The summed E-state index contributed by atoms with van der Waals surface area (Å²) in [6.07, 6.45) is 8.84. The predicted molar refractivity (Wildman–Crippen MR) is 171 cm³/mol. The molecule has 0 saturated carbocycles. The van der Waals surface area contributed by atoms with Gasteiger partial charge in [-0.2, -0.15) is 5.10 Å². The summed E-state index contributed by atoms with van der Waals surface area (Å²) in [5.74, 6) is 0.763. The molecule has 1 aliphatic carbocycles. The maximum atomic E-state index is 12.8. The zero-order valence-electron chi connectivity index (χ0n) is 25.1. The summed E-state index contributed by atoms with van der Waals surface area (Å²) in [5, 5.41) is 11.1. The fourth-order valence-electron chi connectivity index (χ4n) is 5.80. The average Bonchev–Trinajstić information content (AvgIpc) is 3.70. The van der Waals surface area contributed by atoms with Gasteiger partial charge in [-0.05, 0) is 55.0 Å². The number of carbonyl (C=O) groups is 1. The normalized spacial score (nSPS) is 16.1. The molecular weight excluding hydrogens is 556 g/mol. The van der Waals surface area contributed by atoms with Crippen LogP contribution in [0.2, 0.25) is 0 Å². The summed E-state index contributed by atoms with van der Waals surface area (Å²) in [4.78, 5) is 26.4. The molecule has 1 atom stereocenters. The first-order valence-corrected chi connectivity index (χ1v) is 14.7. The van der Waals surface area contributed by atoms with Crippen LogP contribution in [0, 0.1) is 0 Å². The Labute approximate surface area is 256 Å². The van der Waals surface area contributed by atoms with E-state index in [4.69, 9.17) is 25.3 Å². The Balaban J connectivity index is 1.27. The van der Waals surface area contributed by atoms with Gasteiger partial charge < -0.3 is 25.8 Å². The molecule has 11 heteroatoms. The van der Waals surface area contributed by atoms with Crippen LogP contribution in [0.15, 0.2) is 59.9 Å². The predicted octanol–water partition coefficient (Wildman–Crippen LogP) is 4.30. The summed E-state index contributed by atoms with van der Waals surface area (Å²) >= 11 is 0. The van der Waals surface area contributed by atoms with Crippen molar-refractivity contribution in [2.45, 2.75) is 31.8 Å². The van der Waals surface area contributed by atoms with Crippen LogP contribution in [0.4, 0.5) is 11.6 Å². The lowest BCUT2D eigenvalue weighted by molar-refractivity contribution is 0.0857. The maximum absolute atomic E-state index is 12.8. The number of allylic oxidation sites excluding steroid dienone is 1. The van der Waals surface area contributed by atoms with E-state index in [0.717, 1.165) is 77.2 Å². The van der Waals surface area contributed by atoms with Crippen LogP contribution < -0.4 is 21.1 Å². The van der Waals surface area contributed by atoms with E-state index in [9.17, 15) is 4.79 Å². The van der Waals surface area contributed by atoms with Crippen molar-refractivity contribution in [1.29, 1.82) is 0 Å². The van der Waals surface area contributed by atoms with Gasteiger partial charge in [0.1, 0.15) is 5.75 Å². The average molecular weight is 593 g/mol. The summed E-state index contributed by atoms with van der Waals surface area (Å²) in [6, 6.07) is 13.5. The van der Waals surface area contributed by atoms with E-state index in [0.29, 0.717) is 29.5 Å². The molecule has 6 rings (SSSR count). The third-order valence-electron chi connectivity index (χ3n) is 8.02. The monoisotopic (exact) mass is 592 g/mol. The Morgan fingerprint density at radius 3 is 2.75 bits per heavy atom. The summed E-state index contributed by atoms with van der Waals surface area (Å²) < 4.78 is 13.2. The minimum atomic E-state index is -0.172. The lowest BCUT2D eigenvalue weighted by atomic mass is 9.91. The van der Waals surface area contributed by atoms with E-state index in [1.807, 2.05) is 30.1 Å². The number of anilines is 2. The van der Waals surface area contributed by atoms with Gasteiger partial charge in [-0.1, -0.05) is 24.3 Å². The number of ether oxygens (including phenoxy) is 2. The van der Waals surface area contributed by atoms with Gasteiger partial charge in [0.25, 0.3) is 5.91 Å². The molecule has 2 aromatic heterocycles. The maximum Gasteiger partial charge on any atom is 0.251 e. The number of aliphatic imine (C=N–C) groups is 1. The quantitative estimate of drug-likeness (QED) is 0.244. The minimum Gasteiger partial charge on any atom is -0.495 e. The van der Waals surface area contributed by atoms with Crippen molar-refractivity contribution in [2.24, 2.45) is 17.8 Å². The smallest absolute Gasteiger partial charge is 0.251 e. The molecule has 11 nitrogen and oxygen atoms in total. The second kappa shape index (κ2) is 12.7. The largest absolute Gasteiger partial charge is 0.495 e. The van der Waals surface area contributed by atoms with E-state index in [1.54, 1.807) is 44.8 Å². The van der Waals surface area contributed by atoms with Gasteiger partial charge in [0.2, 0.25) is 5.95 Å². The van der Waals surface area contributed by atoms with Crippen LogP contribution >= 0.6 is 0 Å². The number of aryl methyl sites for hydroxylation is 3. The lowest BCUT2D eigenvalue weighted by Crippen LogP contribution is -2.31. The fourth-order valence-corrected chi connectivity index (χ4v) is 5.80. The SMILES string of the molecule is CN=C/C(=C\N)c1ccc(-c2c3c(nn2C)CCc2cnc(Nc4ccc(C(=O)NC[C@@H]5CCCO5)cc4OC)nc2-3)cc1. The first-order chi connectivity index (χ1) is 21.5. The molecule has 1 saturated heterocycles. The van der Waals surface area contributed by atoms with Gasteiger partial charge >= 0.3 is 0 Å². The van der Waals surface area contributed by atoms with E-state index in [2.05, 4.69) is 32.7 Å². The number of benzene rings is 2. The molecule has 3 heterocycles. The molecule has 1 amide bonds. The molecule has 0 bridgehead atoms. The van der Waals surface area contributed by atoms with Gasteiger partial charge in [0.05, 0.1) is 36.0 Å². The summed E-state index contributed by atoms with van der Waals surface area (Å²) in [5.41, 5.74) is 14.7. The standard InChI is InChI=1S/C33H36N8O3/c1-35-17-24(16-34)20-6-8-21(9-7-20)31-29-27(40-41(31)2)13-11-23-18-37-33(39-30(23)29)38-26-12-10-22(15-28(26)43-3)32(42)36-19-25-5-4-14-44-25/h6-10,12,15-18,25H,4-5,11,13-14,19,34H2,1-3H3,(H,36,42)(H,37,38,39)/b24-16+,35-17?/t25-/m0/s1. The molecule has 4 aromatic rings. The Morgan fingerprint density at radius 1 is 1.20 bits per heavy atom. The zero-order chi connectivity index (χ0) is 30.6. The summed E-state index contributed by atoms with van der Waals surface area (Å²) in [6.45, 7) is 1.24. The van der Waals surface area contributed by atoms with Crippen molar-refractivity contribution in [3.63, 3.8) is 0 Å². The van der Waals surface area contributed by atoms with Crippen LogP contribution in [0.1, 0.15) is 40.0 Å². The van der Waals surface area contributed by atoms with Crippen molar-refractivity contribution in [1.82, 2.24) is 25.1 Å². The number of fused-ring (bicyclic) bond motifs is 3. The molecule has 1 aliphatic heterocycles. The summed E-state index contributed by atoms with van der Waals surface area (Å²) in [7, 11) is 5.25. The van der Waals surface area contributed by atoms with E-state index in [1.165, 1.54) is 0 Å². The molecular formula is C33H36N8O3. The Kier molecular flexibility index (Phi) is 8.38. The number of carbonyl (C=O) groups excluding carboxylic acids is 1. The van der Waals surface area contributed by atoms with Crippen LogP contribution in [0.5, 0.6) is 5.75 Å². The van der Waals surface area contributed by atoms with E-state index < -0.39 is 0 Å². The molecule has 226 valence electrons. The number of methoxy groups -OCH3 is 1. The highest BCUT2D eigenvalue weighted by Crippen LogP contribution is 2.40. The molecule has 2 aliphatic rings. The first kappa shape index (κ1) is 29.1. The second-order valence-corrected chi connectivity index (χ2v) is 10.8. The minimum absolute atomic E-state index is 0.0742. The number of rotatable bonds is 9. The van der Waals surface area contributed by atoms with Gasteiger partial charge in [0.15, 0.2) is 0 Å². The van der Waals surface area contributed by atoms with Crippen molar-refractivity contribution < 1.29 is 14.3 Å². The number of nitrogens with two attached hydrogens (primary N) is 1. The third kappa shape index (κ3) is 5.78. The van der Waals surface area contributed by atoms with Crippen LogP contribution in [0.3, 0.4) is 0 Å². The Bertz CT molecular complexity index is 1740. The number of aromatic nitrogens is 4. The topological polar surface area (TPSA) is 142 Å². The highest BCUT2D eigenvalue weighted by atomic mass is 16.5. The van der Waals surface area contributed by atoms with Crippen LogP contribution in [-0.4, -0.2) is 65.3 Å². The van der Waals surface area contributed by atoms with Crippen molar-refractivity contribution in [3.05, 3.63) is 77.2 Å². The Hall–Kier alpha value is -5.03. The molecule has 44 heavy (non-hydrogen) atoms. The molecule has 0 unspecified atom stereocenters. The number of hydrogen-bond acceptors (Lipinski definition) is 9. The molecule has 4 N–H and O–H groups in total. The number of hydrogen-bond donors (Lipinski definition) is 3. The highest BCUT2D eigenvalue weighted by Gasteiger charge is 2.27. The van der Waals surface area contributed by atoms with E-state index in [-0.39, 0.29) is 12.0 Å². The van der Waals surface area contributed by atoms with Gasteiger partial charge in [-0.15, -0.1) is 0 Å². The molecule has 1 fully saturated rings. The Morgan fingerprint density at radius 2 is 2.02 bits per heavy atom. The third-order valence-corrected chi connectivity index (χ3v) is 8.02. The van der Waals surface area contributed by atoms with Gasteiger partial charge in [0, 0.05) is 68.1 Å². The number of nitrogens with one attached hydrogen (secondary N) is 2. The fraction of sp³-hybridized carbons (Fsp3) is 0.303. The molecule has 0 spiro atoms. The highest BCUT2D eigenvalue weighted by molar-refractivity contribution is 6.09.